The maximum Gasteiger partial charge on any atom is 0.416 e. The van der Waals surface area contributed by atoms with E-state index >= 15 is 0 Å². The molecule has 0 unspecified atom stereocenters. The number of benzene rings is 1. The first-order chi connectivity index (χ1) is 18.7. The number of primary amides is 1. The molecule has 2 fully saturated rings. The number of rotatable bonds is 7. The minimum Gasteiger partial charge on any atom is -0.486 e. The number of carbonyl (C=O) groups excluding carboxylic acids is 1. The molecule has 2 aromatic heterocycles. The Bertz CT molecular complexity index is 1270. The highest BCUT2D eigenvalue weighted by Gasteiger charge is 2.31. The summed E-state index contributed by atoms with van der Waals surface area (Å²) in [6.45, 7) is 0.0376. The van der Waals surface area contributed by atoms with Gasteiger partial charge in [-0.3, -0.25) is 4.68 Å². The van der Waals surface area contributed by atoms with Crippen LogP contribution in [0, 0.1) is 0 Å². The molecule has 2 N–H and O–H groups in total. The first-order valence-corrected chi connectivity index (χ1v) is 13.4. The van der Waals surface area contributed by atoms with Crippen molar-refractivity contribution in [3.8, 4) is 5.75 Å². The molecule has 0 atom stereocenters. The van der Waals surface area contributed by atoms with Gasteiger partial charge in [0.2, 0.25) is 0 Å². The molecule has 0 radical (unpaired) electrons. The van der Waals surface area contributed by atoms with Crippen LogP contribution in [-0.2, 0) is 24.6 Å². The van der Waals surface area contributed by atoms with Gasteiger partial charge in [0.05, 0.1) is 17.8 Å². The third-order valence-corrected chi connectivity index (χ3v) is 8.01. The summed E-state index contributed by atoms with van der Waals surface area (Å²) in [5.74, 6) is 2.28. The first kappa shape index (κ1) is 27.0. The zero-order valence-electron chi connectivity index (χ0n) is 21.8. The van der Waals surface area contributed by atoms with E-state index in [1.54, 1.807) is 0 Å². The van der Waals surface area contributed by atoms with Crippen molar-refractivity contribution in [3.63, 3.8) is 0 Å². The zero-order valence-corrected chi connectivity index (χ0v) is 21.8. The number of hydrogen-bond acceptors (Lipinski definition) is 6. The minimum atomic E-state index is -4.42. The largest absolute Gasteiger partial charge is 0.486 e. The average molecular weight is 547 g/mol. The molecule has 0 saturated heterocycles. The van der Waals surface area contributed by atoms with E-state index in [-0.39, 0.29) is 24.4 Å². The highest BCUT2D eigenvalue weighted by atomic mass is 19.4. The Balaban J connectivity index is 1.13. The van der Waals surface area contributed by atoms with Crippen LogP contribution in [0.25, 0.3) is 0 Å². The van der Waals surface area contributed by atoms with E-state index in [9.17, 15) is 18.0 Å². The van der Waals surface area contributed by atoms with Crippen molar-refractivity contribution in [3.05, 3.63) is 59.4 Å². The Morgan fingerprint density at radius 2 is 1.77 bits per heavy atom. The predicted octanol–water partition coefficient (Wildman–Crippen LogP) is 5.63. The summed E-state index contributed by atoms with van der Waals surface area (Å²) in [5.41, 5.74) is 5.64. The predicted molar refractivity (Wildman–Crippen MR) is 135 cm³/mol. The van der Waals surface area contributed by atoms with Crippen LogP contribution in [0.1, 0.15) is 92.0 Å². The zero-order chi connectivity index (χ0) is 27.6. The van der Waals surface area contributed by atoms with Gasteiger partial charge < -0.3 is 19.8 Å². The van der Waals surface area contributed by atoms with E-state index in [4.69, 9.17) is 15.2 Å². The molecule has 1 aromatic carbocycles. The molecular formula is C27H33F3N6O3. The number of alkyl halides is 3. The summed E-state index contributed by atoms with van der Waals surface area (Å²) in [4.78, 5) is 11.0. The third-order valence-electron chi connectivity index (χ3n) is 8.01. The molecule has 2 heterocycles. The molecule has 0 spiro atoms. The van der Waals surface area contributed by atoms with Gasteiger partial charge in [-0.2, -0.15) is 18.3 Å². The van der Waals surface area contributed by atoms with E-state index in [1.807, 2.05) is 17.8 Å². The molecule has 39 heavy (non-hydrogen) atoms. The Labute approximate surface area is 224 Å². The molecule has 2 aliphatic rings. The summed E-state index contributed by atoms with van der Waals surface area (Å²) in [5, 5.41) is 13.3. The van der Waals surface area contributed by atoms with Gasteiger partial charge in [-0.05, 0) is 81.0 Å². The number of aromatic nitrogens is 5. The van der Waals surface area contributed by atoms with E-state index in [0.29, 0.717) is 17.8 Å². The van der Waals surface area contributed by atoms with Crippen molar-refractivity contribution >= 4 is 6.09 Å². The number of halogens is 3. The molecular weight excluding hydrogens is 513 g/mol. The highest BCUT2D eigenvalue weighted by Crippen LogP contribution is 2.40. The van der Waals surface area contributed by atoms with Gasteiger partial charge in [0.1, 0.15) is 24.3 Å². The van der Waals surface area contributed by atoms with Crippen molar-refractivity contribution in [2.75, 3.05) is 0 Å². The fraction of sp³-hybridized carbons (Fsp3) is 0.556. The summed E-state index contributed by atoms with van der Waals surface area (Å²) in [6, 6.07) is 5.14. The number of nitrogens with zero attached hydrogens (tertiary/aromatic N) is 5. The van der Waals surface area contributed by atoms with E-state index in [2.05, 4.69) is 26.2 Å². The number of hydrogen-bond donors (Lipinski definition) is 1. The monoisotopic (exact) mass is 546 g/mol. The lowest BCUT2D eigenvalue weighted by atomic mass is 9.79. The normalized spacial score (nSPS) is 23.9. The molecule has 0 bridgehead atoms. The number of carbonyl (C=O) groups is 1. The minimum absolute atomic E-state index is 0.0376. The Kier molecular flexibility index (Phi) is 7.81. The van der Waals surface area contributed by atoms with Crippen LogP contribution in [0.2, 0.25) is 0 Å². The lowest BCUT2D eigenvalue weighted by Gasteiger charge is -2.28. The van der Waals surface area contributed by atoms with Crippen molar-refractivity contribution in [2.24, 2.45) is 12.8 Å². The van der Waals surface area contributed by atoms with Crippen molar-refractivity contribution in [2.45, 2.75) is 88.1 Å². The molecule has 2 saturated carbocycles. The third kappa shape index (κ3) is 6.36. The van der Waals surface area contributed by atoms with Crippen LogP contribution in [0.3, 0.4) is 0 Å². The molecule has 9 nitrogen and oxygen atoms in total. The van der Waals surface area contributed by atoms with Gasteiger partial charge in [-0.25, -0.2) is 4.79 Å². The van der Waals surface area contributed by atoms with Crippen LogP contribution in [0.5, 0.6) is 5.75 Å². The van der Waals surface area contributed by atoms with Gasteiger partial charge >= 0.3 is 12.3 Å². The van der Waals surface area contributed by atoms with Gasteiger partial charge in [0, 0.05) is 19.2 Å². The molecule has 5 rings (SSSR count). The maximum atomic E-state index is 13.0. The summed E-state index contributed by atoms with van der Waals surface area (Å²) < 4.78 is 53.6. The molecule has 1 amide bonds. The summed E-state index contributed by atoms with van der Waals surface area (Å²) >= 11 is 0. The van der Waals surface area contributed by atoms with Crippen molar-refractivity contribution < 1.29 is 27.4 Å². The van der Waals surface area contributed by atoms with Crippen molar-refractivity contribution in [1.82, 2.24) is 24.5 Å². The van der Waals surface area contributed by atoms with Gasteiger partial charge in [0.25, 0.3) is 0 Å². The number of amides is 1. The van der Waals surface area contributed by atoms with Gasteiger partial charge in [0.15, 0.2) is 5.82 Å². The molecule has 3 aromatic rings. The topological polar surface area (TPSA) is 110 Å². The first-order valence-electron chi connectivity index (χ1n) is 13.4. The van der Waals surface area contributed by atoms with E-state index < -0.39 is 17.8 Å². The van der Waals surface area contributed by atoms with E-state index in [0.717, 1.165) is 69.3 Å². The van der Waals surface area contributed by atoms with Crippen LogP contribution in [0.15, 0.2) is 36.7 Å². The maximum absolute atomic E-state index is 13.0. The molecule has 2 aliphatic carbocycles. The SMILES string of the molecule is Cn1c(COc2cccc(C(F)(F)F)c2)nnc1C1CCC(c2cnn(C3CCC(OC(N)=O)CC3)c2)CC1. The Morgan fingerprint density at radius 3 is 2.46 bits per heavy atom. The van der Waals surface area contributed by atoms with Crippen LogP contribution in [0.4, 0.5) is 18.0 Å². The quantitative estimate of drug-likeness (QED) is 0.411. The van der Waals surface area contributed by atoms with Crippen LogP contribution < -0.4 is 10.5 Å². The smallest absolute Gasteiger partial charge is 0.416 e. The average Bonchev–Trinajstić information content (AvgIpc) is 3.55. The van der Waals surface area contributed by atoms with Crippen molar-refractivity contribution in [1.29, 1.82) is 0 Å². The molecule has 210 valence electrons. The lowest BCUT2D eigenvalue weighted by molar-refractivity contribution is -0.137. The van der Waals surface area contributed by atoms with E-state index in [1.165, 1.54) is 17.7 Å². The fourth-order valence-electron chi connectivity index (χ4n) is 5.81. The second-order valence-corrected chi connectivity index (χ2v) is 10.5. The Hall–Kier alpha value is -3.57. The summed E-state index contributed by atoms with van der Waals surface area (Å²) in [6.07, 6.45) is 6.24. The van der Waals surface area contributed by atoms with Gasteiger partial charge in [-0.15, -0.1) is 10.2 Å². The lowest BCUT2D eigenvalue weighted by Crippen LogP contribution is -2.28. The van der Waals surface area contributed by atoms with Crippen LogP contribution >= 0.6 is 0 Å². The Morgan fingerprint density at radius 1 is 1.05 bits per heavy atom. The standard InChI is InChI=1S/C27H33F3N6O3/c1-35-24(16-38-23-4-2-3-20(13-23)27(28,29)30)33-34-25(35)18-7-5-17(6-8-18)19-14-32-36(15-19)21-9-11-22(12-10-21)39-26(31)37/h2-4,13-15,17-18,21-22H,5-12,16H2,1H3,(H2,31,37). The number of nitrogens with two attached hydrogens (primary N) is 1. The number of ether oxygens (including phenoxy) is 2. The fourth-order valence-corrected chi connectivity index (χ4v) is 5.81. The van der Waals surface area contributed by atoms with Crippen LogP contribution in [-0.4, -0.2) is 36.7 Å². The second kappa shape index (κ2) is 11.3. The highest BCUT2D eigenvalue weighted by molar-refractivity contribution is 5.64. The summed E-state index contributed by atoms with van der Waals surface area (Å²) in [7, 11) is 1.87. The molecule has 0 aliphatic heterocycles. The van der Waals surface area contributed by atoms with Gasteiger partial charge in [-0.1, -0.05) is 6.07 Å². The molecule has 12 heteroatoms. The second-order valence-electron chi connectivity index (χ2n) is 10.5.